The van der Waals surface area contributed by atoms with Gasteiger partial charge < -0.3 is 19.8 Å². The van der Waals surface area contributed by atoms with Crippen molar-refractivity contribution in [2.45, 2.75) is 25.0 Å². The average molecular weight is 396 g/mol. The minimum Gasteiger partial charge on any atom is -0.473 e. The van der Waals surface area contributed by atoms with Crippen molar-refractivity contribution in [3.8, 4) is 6.07 Å². The fourth-order valence-corrected chi connectivity index (χ4v) is 3.40. The number of carboxylic acid groups (broad SMARTS) is 2. The zero-order valence-corrected chi connectivity index (χ0v) is 16.5. The van der Waals surface area contributed by atoms with Gasteiger partial charge in [-0.25, -0.2) is 9.59 Å². The molecule has 0 bridgehead atoms. The van der Waals surface area contributed by atoms with E-state index in [0.29, 0.717) is 12.2 Å². The van der Waals surface area contributed by atoms with Crippen LogP contribution in [0.3, 0.4) is 0 Å². The lowest BCUT2D eigenvalue weighted by Gasteiger charge is -2.31. The summed E-state index contributed by atoms with van der Waals surface area (Å²) in [5.74, 6) is -3.65. The van der Waals surface area contributed by atoms with Gasteiger partial charge in [0.25, 0.3) is 0 Å². The van der Waals surface area contributed by atoms with Gasteiger partial charge in [-0.3, -0.25) is 0 Å². The van der Waals surface area contributed by atoms with Gasteiger partial charge in [-0.1, -0.05) is 36.4 Å². The van der Waals surface area contributed by atoms with Crippen molar-refractivity contribution in [2.24, 2.45) is 0 Å². The highest BCUT2D eigenvalue weighted by Gasteiger charge is 2.41. The third-order valence-electron chi connectivity index (χ3n) is 4.70. The van der Waals surface area contributed by atoms with Crippen LogP contribution in [0, 0.1) is 11.3 Å². The van der Waals surface area contributed by atoms with E-state index in [9.17, 15) is 0 Å². The number of benzene rings is 2. The molecular weight excluding hydrogens is 372 g/mol. The van der Waals surface area contributed by atoms with Crippen LogP contribution in [0.2, 0.25) is 0 Å². The number of fused-ring (bicyclic) bond motifs is 1. The van der Waals surface area contributed by atoms with Crippen molar-refractivity contribution in [1.29, 1.82) is 5.26 Å². The minimum atomic E-state index is -1.82. The van der Waals surface area contributed by atoms with Gasteiger partial charge in [-0.15, -0.1) is 0 Å². The van der Waals surface area contributed by atoms with Gasteiger partial charge in [0.2, 0.25) is 0 Å². The molecule has 1 aliphatic heterocycles. The summed E-state index contributed by atoms with van der Waals surface area (Å²) >= 11 is 0. The van der Waals surface area contributed by atoms with Crippen LogP contribution in [0.4, 0.5) is 0 Å². The number of nitrogens with zero attached hydrogens (tertiary/aromatic N) is 2. The van der Waals surface area contributed by atoms with E-state index in [4.69, 9.17) is 29.8 Å². The summed E-state index contributed by atoms with van der Waals surface area (Å²) < 4.78 is 6.35. The largest absolute Gasteiger partial charge is 0.473 e. The molecule has 1 unspecified atom stereocenters. The van der Waals surface area contributed by atoms with Crippen LogP contribution < -0.4 is 0 Å². The van der Waals surface area contributed by atoms with E-state index < -0.39 is 11.9 Å². The molecule has 0 saturated heterocycles. The lowest BCUT2D eigenvalue weighted by Crippen LogP contribution is -2.28. The summed E-state index contributed by atoms with van der Waals surface area (Å²) in [6.45, 7) is 1.60. The molecule has 0 spiro atoms. The fourth-order valence-electron chi connectivity index (χ4n) is 3.40. The molecule has 1 heterocycles. The predicted molar refractivity (Wildman–Crippen MR) is 106 cm³/mol. The second-order valence-electron chi connectivity index (χ2n) is 6.98. The first-order valence-electron chi connectivity index (χ1n) is 9.14. The summed E-state index contributed by atoms with van der Waals surface area (Å²) in [6, 6.07) is 18.6. The second kappa shape index (κ2) is 9.82. The third kappa shape index (κ3) is 5.41. The Bertz CT molecular complexity index is 893. The highest BCUT2D eigenvalue weighted by molar-refractivity contribution is 6.27. The van der Waals surface area contributed by atoms with Gasteiger partial charge in [-0.05, 0) is 62.3 Å². The van der Waals surface area contributed by atoms with E-state index in [1.807, 2.05) is 18.2 Å². The Balaban J connectivity index is 0.000000438. The molecule has 0 aliphatic carbocycles. The highest BCUT2D eigenvalue weighted by atomic mass is 16.5. The average Bonchev–Trinajstić information content (AvgIpc) is 3.07. The summed E-state index contributed by atoms with van der Waals surface area (Å²) in [7, 11) is 4.19. The molecule has 0 amide bonds. The van der Waals surface area contributed by atoms with Gasteiger partial charge in [0.05, 0.1) is 18.2 Å². The van der Waals surface area contributed by atoms with Crippen molar-refractivity contribution in [2.75, 3.05) is 20.6 Å². The maximum Gasteiger partial charge on any atom is 0.414 e. The Kier molecular flexibility index (Phi) is 7.48. The fraction of sp³-hybridized carbons (Fsp3) is 0.318. The summed E-state index contributed by atoms with van der Waals surface area (Å²) in [4.78, 5) is 20.4. The molecule has 1 aliphatic rings. The predicted octanol–water partition coefficient (Wildman–Crippen LogP) is 2.83. The number of ether oxygens (including phenoxy) is 1. The minimum absolute atomic E-state index is 0.388. The van der Waals surface area contributed by atoms with Crippen molar-refractivity contribution < 1.29 is 24.5 Å². The maximum absolute atomic E-state index is 9.12. The molecule has 7 nitrogen and oxygen atoms in total. The molecular formula is C22H24N2O5. The number of hydrogen-bond donors (Lipinski definition) is 2. The molecule has 0 fully saturated rings. The molecule has 1 atom stereocenters. The van der Waals surface area contributed by atoms with E-state index >= 15 is 0 Å². The lowest BCUT2D eigenvalue weighted by molar-refractivity contribution is -0.159. The molecule has 2 N–H and O–H groups in total. The van der Waals surface area contributed by atoms with E-state index in [-0.39, 0.29) is 5.60 Å². The topological polar surface area (TPSA) is 111 Å². The van der Waals surface area contributed by atoms with Crippen LogP contribution in [-0.4, -0.2) is 47.7 Å². The van der Waals surface area contributed by atoms with Crippen LogP contribution in [-0.2, 0) is 26.5 Å². The van der Waals surface area contributed by atoms with E-state index in [2.05, 4.69) is 55.4 Å². The Labute approximate surface area is 169 Å². The summed E-state index contributed by atoms with van der Waals surface area (Å²) in [5.41, 5.74) is 3.85. The van der Waals surface area contributed by atoms with Crippen molar-refractivity contribution in [3.63, 3.8) is 0 Å². The quantitative estimate of drug-likeness (QED) is 0.748. The molecule has 152 valence electrons. The SMILES string of the molecule is CN(C)CCCC1(c2ccccc2)OCc2cc(C#N)ccc21.O=C(O)C(=O)O. The first-order chi connectivity index (χ1) is 13.8. The number of hydrogen-bond acceptors (Lipinski definition) is 5. The Morgan fingerprint density at radius 1 is 1.14 bits per heavy atom. The lowest BCUT2D eigenvalue weighted by atomic mass is 9.81. The monoisotopic (exact) mass is 396 g/mol. The number of nitriles is 1. The van der Waals surface area contributed by atoms with Gasteiger partial charge in [-0.2, -0.15) is 5.26 Å². The molecule has 2 aromatic rings. The number of carboxylic acids is 2. The van der Waals surface area contributed by atoms with Gasteiger partial charge in [0.1, 0.15) is 5.60 Å². The molecule has 2 aromatic carbocycles. The molecule has 7 heteroatoms. The Hall–Kier alpha value is -3.21. The van der Waals surface area contributed by atoms with E-state index in [1.54, 1.807) is 0 Å². The molecule has 3 rings (SSSR count). The first kappa shape index (κ1) is 22.1. The van der Waals surface area contributed by atoms with Crippen LogP contribution in [0.15, 0.2) is 48.5 Å². The van der Waals surface area contributed by atoms with E-state index in [1.165, 1.54) is 11.1 Å². The number of carbonyl (C=O) groups is 2. The summed E-state index contributed by atoms with van der Waals surface area (Å²) in [6.07, 6.45) is 2.00. The number of aliphatic carboxylic acids is 2. The molecule has 29 heavy (non-hydrogen) atoms. The van der Waals surface area contributed by atoms with Crippen LogP contribution in [0.5, 0.6) is 0 Å². The normalized spacial score (nSPS) is 17.0. The Morgan fingerprint density at radius 3 is 2.34 bits per heavy atom. The molecule has 0 radical (unpaired) electrons. The Morgan fingerprint density at radius 2 is 1.79 bits per heavy atom. The zero-order chi connectivity index (χ0) is 21.4. The molecule has 0 saturated carbocycles. The van der Waals surface area contributed by atoms with Gasteiger partial charge in [0.15, 0.2) is 0 Å². The standard InChI is InChI=1S/C20H22N2O.C2H2O4/c1-22(2)12-6-11-20(18-7-4-3-5-8-18)19-10-9-16(14-21)13-17(19)15-23-20;3-1(4)2(5)6/h3-5,7-10,13H,6,11-12,15H2,1-2H3;(H,3,4)(H,5,6). The maximum atomic E-state index is 9.12. The summed E-state index contributed by atoms with van der Waals surface area (Å²) in [5, 5.41) is 23.9. The van der Waals surface area contributed by atoms with Crippen LogP contribution in [0.25, 0.3) is 0 Å². The smallest absolute Gasteiger partial charge is 0.414 e. The van der Waals surface area contributed by atoms with Crippen molar-refractivity contribution >= 4 is 11.9 Å². The van der Waals surface area contributed by atoms with E-state index in [0.717, 1.165) is 24.9 Å². The number of rotatable bonds is 5. The van der Waals surface area contributed by atoms with Crippen LogP contribution in [0.1, 0.15) is 35.1 Å². The van der Waals surface area contributed by atoms with Crippen molar-refractivity contribution in [3.05, 3.63) is 70.8 Å². The third-order valence-corrected chi connectivity index (χ3v) is 4.70. The highest BCUT2D eigenvalue weighted by Crippen LogP contribution is 2.45. The van der Waals surface area contributed by atoms with Crippen LogP contribution >= 0.6 is 0 Å². The zero-order valence-electron chi connectivity index (χ0n) is 16.5. The molecule has 0 aromatic heterocycles. The van der Waals surface area contributed by atoms with Gasteiger partial charge in [0, 0.05) is 0 Å². The van der Waals surface area contributed by atoms with Gasteiger partial charge >= 0.3 is 11.9 Å². The van der Waals surface area contributed by atoms with Crippen molar-refractivity contribution in [1.82, 2.24) is 4.90 Å². The first-order valence-corrected chi connectivity index (χ1v) is 9.14. The second-order valence-corrected chi connectivity index (χ2v) is 6.98.